The van der Waals surface area contributed by atoms with Crippen molar-refractivity contribution in [2.24, 2.45) is 22.9 Å². The standard InChI is InChI=1S/C59H69N3O12/c1-5-31-71-59-54(62(38-43-22-16-21-41-19-10-11-23-46(41)43)58(66)70-33-32-69-39-40-17-8-7-9-18-40)37-51(61-72-6-2)48-34-42(20-12-14-29-63)47(24-13-15-30-64)55(56(48)59)49-35-45(26-28-52(49)74-59)73-57(65)60-50-27-25-44(67-3)36-53(50)68-4/h5,7-11,16-19,21-23,25-28,34-36,42,47,54-56,63-64H,1,6,12-15,20,24,29-33,37-39H2,2-4H3,(H,60,65)/t42-,47+,54-,55+,56+,59+/m0/s1. The zero-order chi connectivity index (χ0) is 51.9. The van der Waals surface area contributed by atoms with Crippen molar-refractivity contribution in [1.82, 2.24) is 4.90 Å². The second kappa shape index (κ2) is 25.8. The van der Waals surface area contributed by atoms with Crippen LogP contribution in [0.25, 0.3) is 10.8 Å². The summed E-state index contributed by atoms with van der Waals surface area (Å²) in [6.07, 6.45) is 6.96. The van der Waals surface area contributed by atoms with Gasteiger partial charge in [-0.15, -0.1) is 6.58 Å². The quantitative estimate of drug-likeness (QED) is 0.0287. The molecular weight excluding hydrogens is 943 g/mol. The number of aliphatic hydroxyl groups excluding tert-OH is 2. The lowest BCUT2D eigenvalue weighted by molar-refractivity contribution is -0.256. The molecule has 1 saturated carbocycles. The number of benzene rings is 5. The van der Waals surface area contributed by atoms with E-state index in [-0.39, 0.29) is 69.5 Å². The van der Waals surface area contributed by atoms with Crippen molar-refractivity contribution in [3.05, 3.63) is 150 Å². The molecule has 5 aromatic rings. The van der Waals surface area contributed by atoms with Gasteiger partial charge in [0.15, 0.2) is 0 Å². The fraction of sp³-hybridized carbons (Fsp3) is 0.407. The monoisotopic (exact) mass is 1010 g/mol. The lowest BCUT2D eigenvalue weighted by atomic mass is 9.55. The number of rotatable bonds is 25. The number of amides is 2. The summed E-state index contributed by atoms with van der Waals surface area (Å²) in [5, 5.41) is 29.8. The molecule has 0 saturated heterocycles. The van der Waals surface area contributed by atoms with Crippen molar-refractivity contribution in [3.8, 4) is 23.0 Å². The van der Waals surface area contributed by atoms with Gasteiger partial charge in [-0.05, 0) is 102 Å². The minimum absolute atomic E-state index is 0.0181. The van der Waals surface area contributed by atoms with Crippen LogP contribution in [0.1, 0.15) is 74.5 Å². The number of nitrogens with one attached hydrogen (secondary N) is 1. The summed E-state index contributed by atoms with van der Waals surface area (Å²) in [6.45, 7) is 7.03. The minimum atomic E-state index is -1.58. The largest absolute Gasteiger partial charge is 0.497 e. The highest BCUT2D eigenvalue weighted by atomic mass is 16.7. The molecule has 3 N–H and O–H groups in total. The van der Waals surface area contributed by atoms with E-state index in [4.69, 9.17) is 43.2 Å². The summed E-state index contributed by atoms with van der Waals surface area (Å²) in [7, 11) is 3.05. The van der Waals surface area contributed by atoms with Gasteiger partial charge in [-0.3, -0.25) is 10.2 Å². The number of methoxy groups -OCH3 is 2. The Labute approximate surface area is 433 Å². The Morgan fingerprint density at radius 1 is 0.878 bits per heavy atom. The Hall–Kier alpha value is -6.91. The topological polar surface area (TPSA) is 176 Å². The van der Waals surface area contributed by atoms with Crippen LogP contribution in [-0.2, 0) is 32.2 Å². The fourth-order valence-electron chi connectivity index (χ4n) is 10.9. The smallest absolute Gasteiger partial charge is 0.417 e. The zero-order valence-electron chi connectivity index (χ0n) is 42.6. The second-order valence-electron chi connectivity index (χ2n) is 18.7. The van der Waals surface area contributed by atoms with Gasteiger partial charge in [0.05, 0.1) is 57.9 Å². The van der Waals surface area contributed by atoms with Gasteiger partial charge in [0, 0.05) is 37.2 Å². The third kappa shape index (κ3) is 12.2. The van der Waals surface area contributed by atoms with Gasteiger partial charge in [-0.25, -0.2) is 9.59 Å². The number of oxime groups is 1. The van der Waals surface area contributed by atoms with Crippen LogP contribution in [-0.4, -0.2) is 98.7 Å². The first-order valence-corrected chi connectivity index (χ1v) is 25.7. The third-order valence-electron chi connectivity index (χ3n) is 14.2. The number of anilines is 1. The molecule has 0 unspecified atom stereocenters. The number of unbranched alkanes of at least 4 members (excludes halogenated alkanes) is 2. The second-order valence-corrected chi connectivity index (χ2v) is 18.7. The number of hydrogen-bond acceptors (Lipinski definition) is 13. The normalized spacial score (nSPS) is 21.1. The molecule has 8 rings (SSSR count). The van der Waals surface area contributed by atoms with Gasteiger partial charge >= 0.3 is 12.2 Å². The summed E-state index contributed by atoms with van der Waals surface area (Å²) in [4.78, 5) is 36.6. The van der Waals surface area contributed by atoms with E-state index in [1.54, 1.807) is 48.4 Å². The third-order valence-corrected chi connectivity index (χ3v) is 14.2. The number of allylic oxidation sites excluding steroid dienone is 1. The molecule has 0 spiro atoms. The first kappa shape index (κ1) is 53.4. The zero-order valence-corrected chi connectivity index (χ0v) is 42.6. The van der Waals surface area contributed by atoms with E-state index in [0.29, 0.717) is 61.1 Å². The maximum Gasteiger partial charge on any atom is 0.417 e. The van der Waals surface area contributed by atoms with Crippen LogP contribution >= 0.6 is 0 Å². The van der Waals surface area contributed by atoms with E-state index in [9.17, 15) is 15.0 Å². The minimum Gasteiger partial charge on any atom is -0.497 e. The van der Waals surface area contributed by atoms with Crippen molar-refractivity contribution in [2.45, 2.75) is 82.8 Å². The summed E-state index contributed by atoms with van der Waals surface area (Å²) in [6, 6.07) is 33.4. The molecule has 0 radical (unpaired) electrons. The number of ether oxygens (including phenoxy) is 7. The molecule has 1 heterocycles. The first-order chi connectivity index (χ1) is 36.2. The van der Waals surface area contributed by atoms with Gasteiger partial charge in [0.2, 0.25) is 5.79 Å². The molecule has 74 heavy (non-hydrogen) atoms. The molecule has 1 aliphatic heterocycles. The number of nitrogens with zero attached hydrogens (tertiary/aromatic N) is 2. The van der Waals surface area contributed by atoms with Gasteiger partial charge < -0.3 is 48.2 Å². The fourth-order valence-corrected chi connectivity index (χ4v) is 10.9. The van der Waals surface area contributed by atoms with Gasteiger partial charge in [0.1, 0.15) is 42.3 Å². The molecule has 0 bridgehead atoms. The van der Waals surface area contributed by atoms with E-state index < -0.39 is 29.9 Å². The molecule has 3 aliphatic rings. The summed E-state index contributed by atoms with van der Waals surface area (Å²) in [5.41, 5.74) is 4.56. The van der Waals surface area contributed by atoms with Crippen LogP contribution in [0.2, 0.25) is 0 Å². The highest BCUT2D eigenvalue weighted by molar-refractivity contribution is 6.03. The molecule has 5 aromatic carbocycles. The van der Waals surface area contributed by atoms with E-state index in [0.717, 1.165) is 52.3 Å². The summed E-state index contributed by atoms with van der Waals surface area (Å²) in [5.74, 6) is -0.972. The first-order valence-electron chi connectivity index (χ1n) is 25.7. The van der Waals surface area contributed by atoms with E-state index in [1.165, 1.54) is 7.11 Å². The highest BCUT2D eigenvalue weighted by Crippen LogP contribution is 2.62. The molecule has 1 fully saturated rings. The van der Waals surface area contributed by atoms with Crippen LogP contribution < -0.4 is 24.3 Å². The van der Waals surface area contributed by atoms with Crippen LogP contribution in [0.4, 0.5) is 15.3 Å². The van der Waals surface area contributed by atoms with Crippen molar-refractivity contribution in [1.29, 1.82) is 0 Å². The van der Waals surface area contributed by atoms with Crippen LogP contribution in [0.3, 0.4) is 0 Å². The Balaban J connectivity index is 1.26. The number of fused-ring (bicyclic) bond motifs is 3. The molecular formula is C59H69N3O12. The van der Waals surface area contributed by atoms with Gasteiger partial charge in [0.25, 0.3) is 0 Å². The number of hydrogen-bond donors (Lipinski definition) is 3. The number of carbonyl (C=O) groups excluding carboxylic acids is 2. The van der Waals surface area contributed by atoms with E-state index in [2.05, 4.69) is 18.0 Å². The Kier molecular flexibility index (Phi) is 18.6. The molecule has 6 atom stereocenters. The van der Waals surface area contributed by atoms with Crippen LogP contribution in [0.15, 0.2) is 139 Å². The number of carbonyl (C=O) groups is 2. The average Bonchev–Trinajstić information content (AvgIpc) is 3.46. The highest BCUT2D eigenvalue weighted by Gasteiger charge is 2.66. The molecule has 392 valence electrons. The van der Waals surface area contributed by atoms with E-state index in [1.807, 2.05) is 85.8 Å². The van der Waals surface area contributed by atoms with Gasteiger partial charge in [-0.1, -0.05) is 103 Å². The van der Waals surface area contributed by atoms with Crippen LogP contribution in [0.5, 0.6) is 23.0 Å². The Morgan fingerprint density at radius 2 is 1.65 bits per heavy atom. The van der Waals surface area contributed by atoms with Crippen molar-refractivity contribution < 1.29 is 57.8 Å². The SMILES string of the molecule is C=CCO[C@@]12Oc3ccc(OC(=O)Nc4ccc(OC)cc4OC)cc3[C@H]3[C@H](CCCCO)[C@@H](CCCCO)C=C(C(=NOCC)C[C@@H]1N(Cc1cccc4ccccc14)C(=O)OCCOCc1ccccc1)[C@H]32. The Morgan fingerprint density at radius 3 is 2.42 bits per heavy atom. The van der Waals surface area contributed by atoms with Crippen LogP contribution in [0, 0.1) is 17.8 Å². The Bertz CT molecular complexity index is 2740. The van der Waals surface area contributed by atoms with E-state index >= 15 is 4.79 Å². The maximum atomic E-state index is 15.2. The maximum absolute atomic E-state index is 15.2. The average molecular weight is 1010 g/mol. The molecule has 0 aromatic heterocycles. The number of aliphatic hydroxyl groups is 2. The molecule has 15 nitrogen and oxygen atoms in total. The predicted octanol–water partition coefficient (Wildman–Crippen LogP) is 11.0. The van der Waals surface area contributed by atoms with Crippen molar-refractivity contribution >= 4 is 34.4 Å². The molecule has 15 heteroatoms. The predicted molar refractivity (Wildman–Crippen MR) is 283 cm³/mol. The van der Waals surface area contributed by atoms with Gasteiger partial charge in [-0.2, -0.15) is 0 Å². The van der Waals surface area contributed by atoms with Crippen molar-refractivity contribution in [3.63, 3.8) is 0 Å². The summed E-state index contributed by atoms with van der Waals surface area (Å²) >= 11 is 0. The molecule has 2 aliphatic carbocycles. The van der Waals surface area contributed by atoms with Crippen molar-refractivity contribution in [2.75, 3.05) is 59.2 Å². The lowest BCUT2D eigenvalue weighted by Gasteiger charge is -2.59. The summed E-state index contributed by atoms with van der Waals surface area (Å²) < 4.78 is 43.8. The lowest BCUT2D eigenvalue weighted by Crippen LogP contribution is -2.70. The molecule has 2 amide bonds.